The van der Waals surface area contributed by atoms with Crippen molar-refractivity contribution in [2.45, 2.75) is 13.0 Å². The smallest absolute Gasteiger partial charge is 0.238 e. The average molecular weight is 220 g/mol. The Labute approximate surface area is 94.6 Å². The second-order valence-electron chi connectivity index (χ2n) is 4.09. The number of likely N-dealkylation sites (tertiary alicyclic amines) is 1. The normalized spacial score (nSPS) is 20.9. The van der Waals surface area contributed by atoms with Gasteiger partial charge >= 0.3 is 0 Å². The summed E-state index contributed by atoms with van der Waals surface area (Å²) < 4.78 is 0. The Morgan fingerprint density at radius 2 is 2.56 bits per heavy atom. The molecule has 86 valence electrons. The molecule has 1 aromatic rings. The van der Waals surface area contributed by atoms with Gasteiger partial charge in [-0.05, 0) is 24.6 Å². The quantitative estimate of drug-likeness (QED) is 0.424. The zero-order valence-electron chi connectivity index (χ0n) is 9.10. The Bertz CT molecular complexity index is 354. The Morgan fingerprint density at radius 1 is 1.69 bits per heavy atom. The summed E-state index contributed by atoms with van der Waals surface area (Å²) in [6, 6.07) is 3.97. The van der Waals surface area contributed by atoms with Crippen molar-refractivity contribution in [1.29, 1.82) is 0 Å². The highest BCUT2D eigenvalue weighted by Gasteiger charge is 2.27. The fraction of sp³-hybridized carbons (Fsp3) is 0.455. The fourth-order valence-electron chi connectivity index (χ4n) is 2.06. The maximum absolute atomic E-state index is 11.3. The summed E-state index contributed by atoms with van der Waals surface area (Å²) in [5.41, 5.74) is 3.39. The van der Waals surface area contributed by atoms with E-state index in [9.17, 15) is 4.79 Å². The van der Waals surface area contributed by atoms with Crippen LogP contribution < -0.4 is 11.3 Å². The van der Waals surface area contributed by atoms with Crippen LogP contribution in [0.4, 0.5) is 0 Å². The van der Waals surface area contributed by atoms with Gasteiger partial charge in [0.2, 0.25) is 5.91 Å². The van der Waals surface area contributed by atoms with E-state index >= 15 is 0 Å². The number of amides is 1. The monoisotopic (exact) mass is 220 g/mol. The Morgan fingerprint density at radius 3 is 3.25 bits per heavy atom. The van der Waals surface area contributed by atoms with Gasteiger partial charge in [-0.3, -0.25) is 20.1 Å². The predicted octanol–water partition coefficient (Wildman–Crippen LogP) is -0.107. The van der Waals surface area contributed by atoms with Crippen LogP contribution in [0.3, 0.4) is 0 Å². The average Bonchev–Trinajstić information content (AvgIpc) is 2.78. The van der Waals surface area contributed by atoms with Gasteiger partial charge in [0.25, 0.3) is 0 Å². The number of nitrogens with zero attached hydrogens (tertiary/aromatic N) is 2. The van der Waals surface area contributed by atoms with Gasteiger partial charge in [0.1, 0.15) is 0 Å². The number of hydrogen-bond acceptors (Lipinski definition) is 4. The maximum Gasteiger partial charge on any atom is 0.238 e. The van der Waals surface area contributed by atoms with Crippen molar-refractivity contribution in [2.24, 2.45) is 11.8 Å². The highest BCUT2D eigenvalue weighted by molar-refractivity contribution is 5.78. The maximum atomic E-state index is 11.3. The Hall–Kier alpha value is -1.46. The number of pyridine rings is 1. The Kier molecular flexibility index (Phi) is 3.48. The predicted molar refractivity (Wildman–Crippen MR) is 60.0 cm³/mol. The molecule has 1 aromatic heterocycles. The molecule has 0 radical (unpaired) electrons. The van der Waals surface area contributed by atoms with E-state index < -0.39 is 0 Å². The molecular weight excluding hydrogens is 204 g/mol. The van der Waals surface area contributed by atoms with E-state index in [0.29, 0.717) is 0 Å². The second kappa shape index (κ2) is 5.05. The number of nitrogens with two attached hydrogens (primary N) is 1. The van der Waals surface area contributed by atoms with E-state index in [-0.39, 0.29) is 11.8 Å². The molecule has 1 fully saturated rings. The van der Waals surface area contributed by atoms with Gasteiger partial charge in [-0.2, -0.15) is 0 Å². The van der Waals surface area contributed by atoms with Crippen LogP contribution in [0.5, 0.6) is 0 Å². The lowest BCUT2D eigenvalue weighted by atomic mass is 10.1. The molecule has 0 bridgehead atoms. The third kappa shape index (κ3) is 2.56. The van der Waals surface area contributed by atoms with Crippen LogP contribution in [-0.4, -0.2) is 28.9 Å². The minimum Gasteiger partial charge on any atom is -0.298 e. The lowest BCUT2D eigenvalue weighted by Gasteiger charge is -2.15. The summed E-state index contributed by atoms with van der Waals surface area (Å²) in [4.78, 5) is 17.7. The lowest BCUT2D eigenvalue weighted by molar-refractivity contribution is -0.124. The summed E-state index contributed by atoms with van der Waals surface area (Å²) in [7, 11) is 0. The third-order valence-electron chi connectivity index (χ3n) is 2.91. The van der Waals surface area contributed by atoms with E-state index in [1.165, 1.54) is 5.56 Å². The molecule has 1 atom stereocenters. The van der Waals surface area contributed by atoms with Crippen LogP contribution in [0, 0.1) is 5.92 Å². The number of hydrogen-bond donors (Lipinski definition) is 2. The first-order valence-electron chi connectivity index (χ1n) is 5.41. The van der Waals surface area contributed by atoms with Crippen molar-refractivity contribution < 1.29 is 4.79 Å². The van der Waals surface area contributed by atoms with E-state index in [0.717, 1.165) is 26.1 Å². The molecule has 16 heavy (non-hydrogen) atoms. The molecule has 1 unspecified atom stereocenters. The van der Waals surface area contributed by atoms with Crippen molar-refractivity contribution >= 4 is 5.91 Å². The van der Waals surface area contributed by atoms with E-state index in [1.54, 1.807) is 6.20 Å². The van der Waals surface area contributed by atoms with E-state index in [4.69, 9.17) is 5.84 Å². The van der Waals surface area contributed by atoms with Gasteiger partial charge in [0.15, 0.2) is 0 Å². The van der Waals surface area contributed by atoms with Crippen LogP contribution in [0.25, 0.3) is 0 Å². The molecule has 0 spiro atoms. The number of carbonyl (C=O) groups excluding carboxylic acids is 1. The van der Waals surface area contributed by atoms with Crippen molar-refractivity contribution in [2.75, 3.05) is 13.1 Å². The summed E-state index contributed by atoms with van der Waals surface area (Å²) in [5, 5.41) is 0. The summed E-state index contributed by atoms with van der Waals surface area (Å²) in [6.07, 6.45) is 4.50. The minimum atomic E-state index is -0.0614. The lowest BCUT2D eigenvalue weighted by Crippen LogP contribution is -2.37. The molecule has 2 heterocycles. The molecule has 1 aliphatic heterocycles. The van der Waals surface area contributed by atoms with Crippen LogP contribution in [0.15, 0.2) is 24.5 Å². The standard InChI is InChI=1S/C11H16N4O/c12-14-11(16)10-3-5-15(8-10)7-9-2-1-4-13-6-9/h1-2,4,6,10H,3,5,7-8,12H2,(H,14,16). The largest absolute Gasteiger partial charge is 0.298 e. The Balaban J connectivity index is 1.88. The number of rotatable bonds is 3. The molecule has 1 aliphatic rings. The zero-order chi connectivity index (χ0) is 11.4. The molecule has 1 saturated heterocycles. The van der Waals surface area contributed by atoms with Gasteiger partial charge in [-0.1, -0.05) is 6.07 Å². The topological polar surface area (TPSA) is 71.2 Å². The SMILES string of the molecule is NNC(=O)C1CCN(Cc2cccnc2)C1. The highest BCUT2D eigenvalue weighted by Crippen LogP contribution is 2.18. The molecule has 0 aromatic carbocycles. The van der Waals surface area contributed by atoms with Crippen LogP contribution in [0.1, 0.15) is 12.0 Å². The highest BCUT2D eigenvalue weighted by atomic mass is 16.2. The summed E-state index contributed by atoms with van der Waals surface area (Å²) >= 11 is 0. The fourth-order valence-corrected chi connectivity index (χ4v) is 2.06. The third-order valence-corrected chi connectivity index (χ3v) is 2.91. The molecular formula is C11H16N4O. The van der Waals surface area contributed by atoms with Crippen molar-refractivity contribution in [3.8, 4) is 0 Å². The van der Waals surface area contributed by atoms with Gasteiger partial charge in [-0.25, -0.2) is 5.84 Å². The number of nitrogens with one attached hydrogen (secondary N) is 1. The zero-order valence-corrected chi connectivity index (χ0v) is 9.10. The van der Waals surface area contributed by atoms with Crippen molar-refractivity contribution in [3.05, 3.63) is 30.1 Å². The summed E-state index contributed by atoms with van der Waals surface area (Å²) in [6.45, 7) is 2.56. The van der Waals surface area contributed by atoms with E-state index in [2.05, 4.69) is 15.3 Å². The van der Waals surface area contributed by atoms with Gasteiger partial charge in [0.05, 0.1) is 5.92 Å². The molecule has 3 N–H and O–H groups in total. The first kappa shape index (κ1) is 11.0. The second-order valence-corrected chi connectivity index (χ2v) is 4.09. The van der Waals surface area contributed by atoms with Crippen molar-refractivity contribution in [1.82, 2.24) is 15.3 Å². The van der Waals surface area contributed by atoms with E-state index in [1.807, 2.05) is 18.3 Å². The van der Waals surface area contributed by atoms with Crippen LogP contribution in [0.2, 0.25) is 0 Å². The van der Waals surface area contributed by atoms with Gasteiger partial charge in [0, 0.05) is 25.5 Å². The molecule has 1 amide bonds. The molecule has 5 heteroatoms. The summed E-state index contributed by atoms with van der Waals surface area (Å²) in [5.74, 6) is 5.09. The number of aromatic nitrogens is 1. The molecule has 2 rings (SSSR count). The first-order chi connectivity index (χ1) is 7.79. The molecule has 0 saturated carbocycles. The van der Waals surface area contributed by atoms with Gasteiger partial charge in [-0.15, -0.1) is 0 Å². The minimum absolute atomic E-state index is 0.0293. The van der Waals surface area contributed by atoms with Gasteiger partial charge < -0.3 is 0 Å². The first-order valence-corrected chi connectivity index (χ1v) is 5.41. The van der Waals surface area contributed by atoms with Crippen LogP contribution >= 0.6 is 0 Å². The van der Waals surface area contributed by atoms with Crippen molar-refractivity contribution in [3.63, 3.8) is 0 Å². The van der Waals surface area contributed by atoms with Crippen LogP contribution in [-0.2, 0) is 11.3 Å². The molecule has 5 nitrogen and oxygen atoms in total. The number of carbonyl (C=O) groups is 1. The molecule has 0 aliphatic carbocycles. The number of hydrazine groups is 1.